The predicted molar refractivity (Wildman–Crippen MR) is 117 cm³/mol. The quantitative estimate of drug-likeness (QED) is 0.564. The summed E-state index contributed by atoms with van der Waals surface area (Å²) in [6.45, 7) is 1.66. The van der Waals surface area contributed by atoms with E-state index in [1.807, 2.05) is 25.1 Å². The van der Waals surface area contributed by atoms with Gasteiger partial charge in [-0.2, -0.15) is 0 Å². The molecule has 30 heavy (non-hydrogen) atoms. The van der Waals surface area contributed by atoms with Gasteiger partial charge < -0.3 is 14.6 Å². The number of methoxy groups -OCH3 is 1. The minimum Gasteiger partial charge on any atom is -0.495 e. The number of aliphatic hydroxyl groups is 1. The summed E-state index contributed by atoms with van der Waals surface area (Å²) in [6.07, 6.45) is -1.06. The van der Waals surface area contributed by atoms with Crippen molar-refractivity contribution >= 4 is 15.7 Å². The van der Waals surface area contributed by atoms with Gasteiger partial charge in [0.2, 0.25) is 0 Å². The van der Waals surface area contributed by atoms with E-state index in [4.69, 9.17) is 9.47 Å². The number of aliphatic hydroxyl groups excluding tert-OH is 1. The molecule has 3 rings (SSSR count). The van der Waals surface area contributed by atoms with E-state index in [9.17, 15) is 13.5 Å². The van der Waals surface area contributed by atoms with Crippen molar-refractivity contribution in [2.75, 3.05) is 24.6 Å². The largest absolute Gasteiger partial charge is 0.495 e. The summed E-state index contributed by atoms with van der Waals surface area (Å²) >= 11 is 0. The summed E-state index contributed by atoms with van der Waals surface area (Å²) in [5, 5.41) is 10.6. The van der Waals surface area contributed by atoms with Crippen LogP contribution in [0.15, 0.2) is 83.8 Å². The van der Waals surface area contributed by atoms with Gasteiger partial charge >= 0.3 is 0 Å². The van der Waals surface area contributed by atoms with Crippen molar-refractivity contribution in [3.05, 3.63) is 84.4 Å². The fourth-order valence-electron chi connectivity index (χ4n) is 3.03. The van der Waals surface area contributed by atoms with Crippen LogP contribution >= 0.6 is 0 Å². The van der Waals surface area contributed by atoms with Crippen LogP contribution in [0.5, 0.6) is 11.5 Å². The molecule has 0 aromatic heterocycles. The second-order valence-corrected chi connectivity index (χ2v) is 8.61. The third-order valence-corrected chi connectivity index (χ3v) is 6.38. The summed E-state index contributed by atoms with van der Waals surface area (Å²) in [6, 6.07) is 22.4. The number of hydrogen-bond acceptors (Lipinski definition) is 5. The van der Waals surface area contributed by atoms with Gasteiger partial charge in [0.05, 0.1) is 24.2 Å². The highest BCUT2D eigenvalue weighted by atomic mass is 32.2. The SMILES string of the molecule is COc1ccccc1N(C[C@H](O)COc1ccccc1C)S(=O)(=O)c1ccccc1. The van der Waals surface area contributed by atoms with E-state index < -0.39 is 16.1 Å². The van der Waals surface area contributed by atoms with E-state index in [0.29, 0.717) is 17.2 Å². The summed E-state index contributed by atoms with van der Waals surface area (Å²) in [4.78, 5) is 0.128. The molecule has 0 fully saturated rings. The molecule has 6 nitrogen and oxygen atoms in total. The Morgan fingerprint density at radius 2 is 1.50 bits per heavy atom. The van der Waals surface area contributed by atoms with Gasteiger partial charge in [-0.25, -0.2) is 8.42 Å². The lowest BCUT2D eigenvalue weighted by Crippen LogP contribution is -2.40. The molecule has 0 spiro atoms. The van der Waals surface area contributed by atoms with Crippen LogP contribution in [0.1, 0.15) is 5.56 Å². The Bertz CT molecular complexity index is 1070. The minimum absolute atomic E-state index is 0.0547. The smallest absolute Gasteiger partial charge is 0.264 e. The summed E-state index contributed by atoms with van der Waals surface area (Å²) < 4.78 is 39.0. The topological polar surface area (TPSA) is 76.1 Å². The molecule has 0 heterocycles. The number of aryl methyl sites for hydroxylation is 1. The number of rotatable bonds is 9. The monoisotopic (exact) mass is 427 g/mol. The number of para-hydroxylation sites is 3. The molecule has 0 aliphatic rings. The molecule has 0 saturated heterocycles. The first-order valence-electron chi connectivity index (χ1n) is 9.51. The number of benzene rings is 3. The fourth-order valence-corrected chi connectivity index (χ4v) is 4.56. The second-order valence-electron chi connectivity index (χ2n) is 6.75. The van der Waals surface area contributed by atoms with Crippen molar-refractivity contribution in [3.63, 3.8) is 0 Å². The average Bonchev–Trinajstić information content (AvgIpc) is 2.77. The van der Waals surface area contributed by atoms with Gasteiger partial charge in [-0.15, -0.1) is 0 Å². The zero-order valence-corrected chi connectivity index (χ0v) is 17.7. The highest BCUT2D eigenvalue weighted by molar-refractivity contribution is 7.92. The van der Waals surface area contributed by atoms with E-state index in [1.54, 1.807) is 48.5 Å². The Balaban J connectivity index is 1.89. The maximum Gasteiger partial charge on any atom is 0.264 e. The Kier molecular flexibility index (Phi) is 6.97. The van der Waals surface area contributed by atoms with Crippen LogP contribution in [-0.2, 0) is 10.0 Å². The van der Waals surface area contributed by atoms with E-state index >= 15 is 0 Å². The zero-order chi connectivity index (χ0) is 21.6. The third-order valence-electron chi connectivity index (χ3n) is 4.59. The fraction of sp³-hybridized carbons (Fsp3) is 0.217. The lowest BCUT2D eigenvalue weighted by Gasteiger charge is -2.28. The van der Waals surface area contributed by atoms with Gasteiger partial charge in [-0.3, -0.25) is 4.31 Å². The minimum atomic E-state index is -3.94. The van der Waals surface area contributed by atoms with Crippen LogP contribution in [0.4, 0.5) is 5.69 Å². The maximum absolute atomic E-state index is 13.4. The molecule has 0 radical (unpaired) electrons. The standard InChI is InChI=1S/C23H25NO5S/c1-18-10-6-8-14-22(18)29-17-19(25)16-24(21-13-7-9-15-23(21)28-2)30(26,27)20-11-4-3-5-12-20/h3-15,19,25H,16-17H2,1-2H3/t19-/m0/s1. The van der Waals surface area contributed by atoms with Gasteiger partial charge in [0.25, 0.3) is 10.0 Å². The molecule has 1 N–H and O–H groups in total. The molecule has 7 heteroatoms. The molecule has 3 aromatic rings. The number of nitrogens with zero attached hydrogens (tertiary/aromatic N) is 1. The molecule has 0 unspecified atom stereocenters. The molecular weight excluding hydrogens is 402 g/mol. The van der Waals surface area contributed by atoms with E-state index in [0.717, 1.165) is 9.87 Å². The van der Waals surface area contributed by atoms with Gasteiger partial charge in [0.15, 0.2) is 0 Å². The number of sulfonamides is 1. The van der Waals surface area contributed by atoms with Crippen molar-refractivity contribution in [2.45, 2.75) is 17.9 Å². The van der Waals surface area contributed by atoms with Crippen LogP contribution in [0, 0.1) is 6.92 Å². The van der Waals surface area contributed by atoms with Gasteiger partial charge in [-0.1, -0.05) is 48.5 Å². The Hall–Kier alpha value is -3.03. The van der Waals surface area contributed by atoms with Crippen molar-refractivity contribution in [2.24, 2.45) is 0 Å². The van der Waals surface area contributed by atoms with Crippen LogP contribution < -0.4 is 13.8 Å². The molecule has 1 atom stereocenters. The zero-order valence-electron chi connectivity index (χ0n) is 16.9. The highest BCUT2D eigenvalue weighted by Crippen LogP contribution is 2.32. The lowest BCUT2D eigenvalue weighted by atomic mass is 10.2. The predicted octanol–water partition coefficient (Wildman–Crippen LogP) is 3.64. The molecule has 0 aliphatic heterocycles. The first kappa shape index (κ1) is 21.7. The van der Waals surface area contributed by atoms with Crippen molar-refractivity contribution in [1.29, 1.82) is 0 Å². The first-order valence-corrected chi connectivity index (χ1v) is 10.9. The lowest BCUT2D eigenvalue weighted by molar-refractivity contribution is 0.114. The van der Waals surface area contributed by atoms with Crippen molar-refractivity contribution in [1.82, 2.24) is 0 Å². The van der Waals surface area contributed by atoms with Crippen LogP contribution in [0.25, 0.3) is 0 Å². The molecule has 0 amide bonds. The van der Waals surface area contributed by atoms with Crippen LogP contribution in [-0.4, -0.2) is 39.9 Å². The van der Waals surface area contributed by atoms with Gasteiger partial charge in [-0.05, 0) is 42.8 Å². The van der Waals surface area contributed by atoms with Crippen molar-refractivity contribution in [3.8, 4) is 11.5 Å². The van der Waals surface area contributed by atoms with Crippen LogP contribution in [0.2, 0.25) is 0 Å². The van der Waals surface area contributed by atoms with Crippen LogP contribution in [0.3, 0.4) is 0 Å². The van der Waals surface area contributed by atoms with Crippen molar-refractivity contribution < 1.29 is 23.0 Å². The molecule has 0 saturated carbocycles. The normalized spacial score (nSPS) is 12.2. The van der Waals surface area contributed by atoms with Gasteiger partial charge in [0, 0.05) is 0 Å². The van der Waals surface area contributed by atoms with E-state index in [1.165, 1.54) is 19.2 Å². The Morgan fingerprint density at radius 3 is 2.17 bits per heavy atom. The van der Waals surface area contributed by atoms with E-state index in [-0.39, 0.29) is 18.0 Å². The van der Waals surface area contributed by atoms with E-state index in [2.05, 4.69) is 0 Å². The Labute approximate surface area is 177 Å². The molecule has 3 aromatic carbocycles. The molecule has 0 bridgehead atoms. The maximum atomic E-state index is 13.4. The summed E-state index contributed by atoms with van der Waals surface area (Å²) in [7, 11) is -2.46. The highest BCUT2D eigenvalue weighted by Gasteiger charge is 2.29. The average molecular weight is 428 g/mol. The second kappa shape index (κ2) is 9.65. The molecular formula is C23H25NO5S. The summed E-state index contributed by atoms with van der Waals surface area (Å²) in [5.41, 5.74) is 1.28. The first-order chi connectivity index (χ1) is 14.4. The number of ether oxygens (including phenoxy) is 2. The summed E-state index contributed by atoms with van der Waals surface area (Å²) in [5.74, 6) is 1.04. The molecule has 158 valence electrons. The molecule has 0 aliphatic carbocycles. The number of hydrogen-bond donors (Lipinski definition) is 1. The Morgan fingerprint density at radius 1 is 0.900 bits per heavy atom. The third kappa shape index (κ3) is 4.93. The van der Waals surface area contributed by atoms with Gasteiger partial charge in [0.1, 0.15) is 24.2 Å². The number of anilines is 1.